The fourth-order valence-electron chi connectivity index (χ4n) is 3.53. The van der Waals surface area contributed by atoms with E-state index in [0.29, 0.717) is 0 Å². The molecule has 0 atom stereocenters. The Kier molecular flexibility index (Phi) is 4.99. The first-order valence-electron chi connectivity index (χ1n) is 9.07. The normalized spacial score (nSPS) is 11.2. The van der Waals surface area contributed by atoms with E-state index in [2.05, 4.69) is 104 Å². The lowest BCUT2D eigenvalue weighted by atomic mass is 9.94. The summed E-state index contributed by atoms with van der Waals surface area (Å²) >= 11 is 4.68. The van der Waals surface area contributed by atoms with Gasteiger partial charge in [-0.25, -0.2) is 4.98 Å². The highest BCUT2D eigenvalue weighted by Crippen LogP contribution is 2.35. The number of halogens is 2. The molecule has 5 aromatic rings. The highest BCUT2D eigenvalue weighted by Gasteiger charge is 2.18. The zero-order chi connectivity index (χ0) is 20.0. The Morgan fingerprint density at radius 2 is 1.55 bits per heavy atom. The predicted molar refractivity (Wildman–Crippen MR) is 138 cm³/mol. The second-order valence-electron chi connectivity index (χ2n) is 6.84. The van der Waals surface area contributed by atoms with E-state index in [1.165, 1.54) is 7.14 Å². The fourth-order valence-corrected chi connectivity index (χ4v) is 4.62. The summed E-state index contributed by atoms with van der Waals surface area (Å²) in [5.41, 5.74) is 6.95. The number of nitrogens with one attached hydrogen (secondary N) is 2. The van der Waals surface area contributed by atoms with Crippen LogP contribution in [0.5, 0.6) is 0 Å². The molecule has 0 fully saturated rings. The minimum atomic E-state index is 0.737. The zero-order valence-corrected chi connectivity index (χ0v) is 19.5. The summed E-state index contributed by atoms with van der Waals surface area (Å²) in [7, 11) is 6.03. The third kappa shape index (κ3) is 3.63. The molecule has 0 spiro atoms. The van der Waals surface area contributed by atoms with Gasteiger partial charge in [0, 0.05) is 40.9 Å². The van der Waals surface area contributed by atoms with Crippen LogP contribution >= 0.6 is 45.2 Å². The fraction of sp³-hybridized carbons (Fsp3) is 0. The van der Waals surface area contributed by atoms with Crippen molar-refractivity contribution in [3.05, 3.63) is 80.1 Å². The number of fused-ring (bicyclic) bond motifs is 1. The smallest absolute Gasteiger partial charge is 0.140 e. The molecule has 0 unspecified atom stereocenters. The number of benzene rings is 3. The number of rotatable bonds is 3. The molecule has 138 valence electrons. The van der Waals surface area contributed by atoms with Crippen LogP contribution in [0.15, 0.2) is 72.9 Å². The van der Waals surface area contributed by atoms with Crippen molar-refractivity contribution in [2.75, 3.05) is 0 Å². The summed E-state index contributed by atoms with van der Waals surface area (Å²) in [6.45, 7) is 0. The van der Waals surface area contributed by atoms with Gasteiger partial charge < -0.3 is 9.97 Å². The van der Waals surface area contributed by atoms with E-state index >= 15 is 0 Å². The molecule has 0 bridgehead atoms. The molecule has 3 nitrogen and oxygen atoms in total. The van der Waals surface area contributed by atoms with Crippen LogP contribution in [0.3, 0.4) is 0 Å². The van der Waals surface area contributed by atoms with Crippen LogP contribution in [0.1, 0.15) is 0 Å². The molecule has 3 aromatic carbocycles. The first-order chi connectivity index (χ1) is 14.1. The predicted octanol–water partition coefficient (Wildman–Crippen LogP) is 5.90. The number of H-pyrrole nitrogens is 2. The van der Waals surface area contributed by atoms with Crippen molar-refractivity contribution in [3.8, 4) is 33.9 Å². The number of nitrogens with zero attached hydrogens (tertiary/aromatic N) is 1. The lowest BCUT2D eigenvalue weighted by Crippen LogP contribution is -1.99. The van der Waals surface area contributed by atoms with Crippen LogP contribution in [-0.4, -0.2) is 22.8 Å². The molecule has 6 heteroatoms. The molecule has 2 heterocycles. The molecule has 2 N–H and O–H groups in total. The number of hydrogen-bond donors (Lipinski definition) is 2. The summed E-state index contributed by atoms with van der Waals surface area (Å²) < 4.78 is 2.36. The summed E-state index contributed by atoms with van der Waals surface area (Å²) in [5.74, 6) is 0.824. The van der Waals surface area contributed by atoms with Crippen molar-refractivity contribution in [1.29, 1.82) is 0 Å². The molecule has 0 amide bonds. The van der Waals surface area contributed by atoms with Crippen LogP contribution < -0.4 is 5.46 Å². The molecule has 0 aliphatic rings. The Hall–Kier alpha value is -2.07. The maximum Gasteiger partial charge on any atom is 0.140 e. The maximum absolute atomic E-state index is 6.03. The molecule has 29 heavy (non-hydrogen) atoms. The second kappa shape index (κ2) is 7.64. The summed E-state index contributed by atoms with van der Waals surface area (Å²) in [6, 6.07) is 22.8. The van der Waals surface area contributed by atoms with Gasteiger partial charge >= 0.3 is 0 Å². The Labute approximate surface area is 197 Å². The van der Waals surface area contributed by atoms with Crippen LogP contribution in [0, 0.1) is 7.14 Å². The topological polar surface area (TPSA) is 44.5 Å². The van der Waals surface area contributed by atoms with Gasteiger partial charge in [0.25, 0.3) is 0 Å². The average Bonchev–Trinajstić information content (AvgIpc) is 3.32. The van der Waals surface area contributed by atoms with E-state index in [9.17, 15) is 0 Å². The quantitative estimate of drug-likeness (QED) is 0.198. The third-order valence-electron chi connectivity index (χ3n) is 4.88. The van der Waals surface area contributed by atoms with Gasteiger partial charge in [-0.15, -0.1) is 0 Å². The van der Waals surface area contributed by atoms with Crippen LogP contribution in [-0.2, 0) is 0 Å². The number of hydrogen-bond acceptors (Lipinski definition) is 1. The van der Waals surface area contributed by atoms with Gasteiger partial charge in [0.15, 0.2) is 0 Å². The summed E-state index contributed by atoms with van der Waals surface area (Å²) in [6.07, 6.45) is 1.99. The van der Waals surface area contributed by atoms with Gasteiger partial charge in [-0.1, -0.05) is 41.9 Å². The average molecular weight is 597 g/mol. The van der Waals surface area contributed by atoms with Crippen molar-refractivity contribution >= 4 is 69.4 Å². The maximum atomic E-state index is 6.03. The standard InChI is InChI=1S/C23H14BI2N3/c24-15-7-8-20-18(11-15)19(12-27-20)23-28-21(13-3-1-5-16(25)9-13)22(29-23)14-4-2-6-17(26)10-14/h1-12,27H,(H,28,29). The molecule has 0 saturated heterocycles. The third-order valence-corrected chi connectivity index (χ3v) is 6.22. The van der Waals surface area contributed by atoms with E-state index in [1.54, 1.807) is 0 Å². The highest BCUT2D eigenvalue weighted by molar-refractivity contribution is 14.1. The molecular weight excluding hydrogens is 583 g/mol. The minimum Gasteiger partial charge on any atom is -0.360 e. The van der Waals surface area contributed by atoms with E-state index in [1.807, 2.05) is 24.4 Å². The van der Waals surface area contributed by atoms with Gasteiger partial charge in [-0.05, 0) is 75.5 Å². The molecule has 0 aliphatic carbocycles. The van der Waals surface area contributed by atoms with Crippen molar-refractivity contribution in [1.82, 2.24) is 15.0 Å². The zero-order valence-electron chi connectivity index (χ0n) is 15.2. The molecule has 5 rings (SSSR count). The molecule has 2 radical (unpaired) electrons. The summed E-state index contributed by atoms with van der Waals surface area (Å²) in [5, 5.41) is 1.06. The first-order valence-corrected chi connectivity index (χ1v) is 11.2. The van der Waals surface area contributed by atoms with Crippen molar-refractivity contribution in [2.45, 2.75) is 0 Å². The van der Waals surface area contributed by atoms with Crippen LogP contribution in [0.4, 0.5) is 0 Å². The number of aromatic amines is 2. The molecule has 2 aromatic heterocycles. The van der Waals surface area contributed by atoms with Gasteiger partial charge in [-0.2, -0.15) is 0 Å². The minimum absolute atomic E-state index is 0.737. The lowest BCUT2D eigenvalue weighted by Gasteiger charge is -2.04. The Morgan fingerprint density at radius 1 is 0.828 bits per heavy atom. The first kappa shape index (κ1) is 18.9. The van der Waals surface area contributed by atoms with Gasteiger partial charge in [0.2, 0.25) is 0 Å². The molecular formula is C23H14BI2N3. The second-order valence-corrected chi connectivity index (χ2v) is 9.33. The van der Waals surface area contributed by atoms with E-state index < -0.39 is 0 Å². The summed E-state index contributed by atoms with van der Waals surface area (Å²) in [4.78, 5) is 11.9. The van der Waals surface area contributed by atoms with E-state index in [-0.39, 0.29) is 0 Å². The van der Waals surface area contributed by atoms with Gasteiger partial charge in [0.1, 0.15) is 13.7 Å². The van der Waals surface area contributed by atoms with Gasteiger partial charge in [0.05, 0.1) is 11.4 Å². The lowest BCUT2D eigenvalue weighted by molar-refractivity contribution is 1.31. The SMILES string of the molecule is [B]c1ccc2[nH]cc(-c3nc(-c4cccc(I)c4)c(-c4cccc(I)c4)[nH]3)c2c1. The largest absolute Gasteiger partial charge is 0.360 e. The number of aromatic nitrogens is 3. The van der Waals surface area contributed by atoms with E-state index in [4.69, 9.17) is 12.8 Å². The Morgan fingerprint density at radius 3 is 2.31 bits per heavy atom. The van der Waals surface area contributed by atoms with Crippen LogP contribution in [0.25, 0.3) is 44.8 Å². The Bertz CT molecular complexity index is 1290. The number of imidazole rings is 1. The molecule has 0 saturated carbocycles. The van der Waals surface area contributed by atoms with Crippen molar-refractivity contribution in [2.24, 2.45) is 0 Å². The molecule has 0 aliphatic heterocycles. The van der Waals surface area contributed by atoms with Gasteiger partial charge in [-0.3, -0.25) is 0 Å². The van der Waals surface area contributed by atoms with Crippen molar-refractivity contribution in [3.63, 3.8) is 0 Å². The van der Waals surface area contributed by atoms with Crippen molar-refractivity contribution < 1.29 is 0 Å². The monoisotopic (exact) mass is 597 g/mol. The van der Waals surface area contributed by atoms with E-state index in [0.717, 1.165) is 50.3 Å². The highest BCUT2D eigenvalue weighted by atomic mass is 127. The van der Waals surface area contributed by atoms with Crippen LogP contribution in [0.2, 0.25) is 0 Å². The Balaban J connectivity index is 1.75.